The zero-order valence-electron chi connectivity index (χ0n) is 10.1. The van der Waals surface area contributed by atoms with Crippen LogP contribution in [0.4, 0.5) is 0 Å². The van der Waals surface area contributed by atoms with Crippen molar-refractivity contribution < 1.29 is 13.2 Å². The fourth-order valence-electron chi connectivity index (χ4n) is 0.912. The summed E-state index contributed by atoms with van der Waals surface area (Å²) in [6, 6.07) is 1.69. The van der Waals surface area contributed by atoms with Crippen LogP contribution in [-0.4, -0.2) is 26.0 Å². The molecule has 0 saturated carbocycles. The molecule has 1 unspecified atom stereocenters. The number of hydrogen-bond acceptors (Lipinski definition) is 4. The van der Waals surface area contributed by atoms with Crippen molar-refractivity contribution in [3.05, 3.63) is 0 Å². The highest BCUT2D eigenvalue weighted by Crippen LogP contribution is 2.14. The van der Waals surface area contributed by atoms with E-state index in [0.717, 1.165) is 0 Å². The summed E-state index contributed by atoms with van der Waals surface area (Å²) in [5, 5.41) is 7.54. The molecule has 5 nitrogen and oxygen atoms in total. The van der Waals surface area contributed by atoms with Crippen molar-refractivity contribution in [1.82, 2.24) is 4.72 Å². The maximum absolute atomic E-state index is 11.5. The average Bonchev–Trinajstić information content (AvgIpc) is 2.14. The lowest BCUT2D eigenvalue weighted by Gasteiger charge is -2.17. The van der Waals surface area contributed by atoms with Crippen LogP contribution >= 0.6 is 0 Å². The number of nitriles is 1. The lowest BCUT2D eigenvalue weighted by molar-refractivity contribution is -0.125. The minimum atomic E-state index is -3.71. The predicted octanol–water partition coefficient (Wildman–Crippen LogP) is 0.823. The van der Waals surface area contributed by atoms with Gasteiger partial charge in [-0.1, -0.05) is 27.7 Å². The second kappa shape index (κ2) is 5.41. The van der Waals surface area contributed by atoms with Crippen LogP contribution in [0.25, 0.3) is 0 Å². The average molecular weight is 246 g/mol. The second-order valence-electron chi connectivity index (χ2n) is 4.57. The van der Waals surface area contributed by atoms with Gasteiger partial charge in [-0.25, -0.2) is 13.1 Å². The van der Waals surface area contributed by atoms with Crippen LogP contribution in [0.3, 0.4) is 0 Å². The molecule has 0 aliphatic heterocycles. The molecule has 0 aromatic heterocycles. The molecule has 0 bridgehead atoms. The van der Waals surface area contributed by atoms with Crippen molar-refractivity contribution in [2.24, 2.45) is 5.41 Å². The van der Waals surface area contributed by atoms with E-state index < -0.39 is 20.7 Å². The molecule has 0 heterocycles. The molecule has 0 spiro atoms. The van der Waals surface area contributed by atoms with Crippen molar-refractivity contribution in [1.29, 1.82) is 5.26 Å². The van der Waals surface area contributed by atoms with Gasteiger partial charge in [-0.05, 0) is 6.42 Å². The Morgan fingerprint density at radius 1 is 1.44 bits per heavy atom. The quantitative estimate of drug-likeness (QED) is 0.778. The fraction of sp³-hybridized carbons (Fsp3) is 0.800. The summed E-state index contributed by atoms with van der Waals surface area (Å²) in [4.78, 5) is 11.5. The topological polar surface area (TPSA) is 87.0 Å². The molecule has 0 radical (unpaired) electrons. The summed E-state index contributed by atoms with van der Waals surface area (Å²) in [5.41, 5.74) is -0.586. The molecule has 0 aromatic rings. The van der Waals surface area contributed by atoms with Gasteiger partial charge in [-0.15, -0.1) is 0 Å². The molecule has 0 aliphatic carbocycles. The SMILES string of the molecule is CCC(C#N)S(=O)(=O)NCC(=O)C(C)(C)C. The van der Waals surface area contributed by atoms with Gasteiger partial charge in [0.05, 0.1) is 12.6 Å². The van der Waals surface area contributed by atoms with Gasteiger partial charge in [0, 0.05) is 5.41 Å². The van der Waals surface area contributed by atoms with Crippen LogP contribution in [0, 0.1) is 16.7 Å². The highest BCUT2D eigenvalue weighted by Gasteiger charge is 2.27. The third kappa shape index (κ3) is 4.29. The number of carbonyl (C=O) groups excluding carboxylic acids is 1. The van der Waals surface area contributed by atoms with E-state index >= 15 is 0 Å². The molecule has 0 amide bonds. The molecule has 0 fully saturated rings. The maximum atomic E-state index is 11.5. The first-order chi connectivity index (χ1) is 7.15. The number of sulfonamides is 1. The van der Waals surface area contributed by atoms with Crippen LogP contribution in [0.1, 0.15) is 34.1 Å². The van der Waals surface area contributed by atoms with E-state index in [1.54, 1.807) is 33.8 Å². The Labute approximate surface area is 96.9 Å². The van der Waals surface area contributed by atoms with Crippen molar-refractivity contribution in [2.75, 3.05) is 6.54 Å². The zero-order chi connectivity index (χ0) is 13.0. The number of nitrogens with one attached hydrogen (secondary N) is 1. The zero-order valence-corrected chi connectivity index (χ0v) is 10.9. The van der Waals surface area contributed by atoms with E-state index in [0.29, 0.717) is 0 Å². The van der Waals surface area contributed by atoms with Crippen molar-refractivity contribution in [3.8, 4) is 6.07 Å². The van der Waals surface area contributed by atoms with Gasteiger partial charge in [0.2, 0.25) is 10.0 Å². The van der Waals surface area contributed by atoms with E-state index in [1.165, 1.54) is 0 Å². The van der Waals surface area contributed by atoms with Gasteiger partial charge in [0.1, 0.15) is 0 Å². The first-order valence-corrected chi connectivity index (χ1v) is 6.61. The predicted molar refractivity (Wildman–Crippen MR) is 61.1 cm³/mol. The minimum absolute atomic E-state index is 0.204. The van der Waals surface area contributed by atoms with E-state index in [9.17, 15) is 13.2 Å². The van der Waals surface area contributed by atoms with Crippen LogP contribution < -0.4 is 4.72 Å². The van der Waals surface area contributed by atoms with Crippen molar-refractivity contribution in [3.63, 3.8) is 0 Å². The van der Waals surface area contributed by atoms with E-state index in [-0.39, 0.29) is 18.7 Å². The third-order valence-electron chi connectivity index (χ3n) is 2.16. The van der Waals surface area contributed by atoms with Crippen LogP contribution in [0.2, 0.25) is 0 Å². The summed E-state index contributed by atoms with van der Waals surface area (Å²) in [6.45, 7) is 6.49. The van der Waals surface area contributed by atoms with E-state index in [2.05, 4.69) is 4.72 Å². The molecule has 1 N–H and O–H groups in total. The molecule has 0 saturated heterocycles. The summed E-state index contributed by atoms with van der Waals surface area (Å²) < 4.78 is 25.2. The van der Waals surface area contributed by atoms with Gasteiger partial charge >= 0.3 is 0 Å². The summed E-state index contributed by atoms with van der Waals surface area (Å²) in [7, 11) is -3.71. The van der Waals surface area contributed by atoms with Gasteiger partial charge in [0.15, 0.2) is 11.0 Å². The Bertz CT molecular complexity index is 387. The second-order valence-corrected chi connectivity index (χ2v) is 6.51. The molecular formula is C10H18N2O3S. The number of nitrogens with zero attached hydrogens (tertiary/aromatic N) is 1. The Balaban J connectivity index is 4.55. The van der Waals surface area contributed by atoms with E-state index in [4.69, 9.17) is 5.26 Å². The molecule has 0 aromatic carbocycles. The lowest BCUT2D eigenvalue weighted by atomic mass is 9.91. The molecular weight excluding hydrogens is 228 g/mol. The highest BCUT2D eigenvalue weighted by atomic mass is 32.2. The number of Topliss-reactive ketones (excluding diaryl/α,β-unsaturated/α-hetero) is 1. The van der Waals surface area contributed by atoms with Crippen LogP contribution in [0.15, 0.2) is 0 Å². The standard InChI is InChI=1S/C10H18N2O3S/c1-5-8(6-11)16(14,15)12-7-9(13)10(2,3)4/h8,12H,5,7H2,1-4H3. The fourth-order valence-corrected chi connectivity index (χ4v) is 2.02. The first kappa shape index (κ1) is 15.1. The highest BCUT2D eigenvalue weighted by molar-refractivity contribution is 7.90. The summed E-state index contributed by atoms with van der Waals surface area (Å²) in [6.07, 6.45) is 0.204. The Morgan fingerprint density at radius 2 is 1.94 bits per heavy atom. The van der Waals surface area contributed by atoms with Crippen molar-refractivity contribution in [2.45, 2.75) is 39.4 Å². The van der Waals surface area contributed by atoms with Gasteiger partial charge in [-0.3, -0.25) is 4.79 Å². The summed E-state index contributed by atoms with van der Waals surface area (Å²) in [5.74, 6) is -0.205. The molecule has 16 heavy (non-hydrogen) atoms. The number of rotatable bonds is 5. The van der Waals surface area contributed by atoms with Gasteiger partial charge < -0.3 is 0 Å². The van der Waals surface area contributed by atoms with Crippen LogP contribution in [-0.2, 0) is 14.8 Å². The molecule has 92 valence electrons. The van der Waals surface area contributed by atoms with Crippen molar-refractivity contribution >= 4 is 15.8 Å². The normalized spacial score (nSPS) is 14.2. The van der Waals surface area contributed by atoms with Gasteiger partial charge in [0.25, 0.3) is 0 Å². The number of ketones is 1. The monoisotopic (exact) mass is 246 g/mol. The largest absolute Gasteiger partial charge is 0.298 e. The molecule has 1 atom stereocenters. The number of carbonyl (C=O) groups is 1. The molecule has 0 rings (SSSR count). The Hall–Kier alpha value is -0.930. The van der Waals surface area contributed by atoms with Gasteiger partial charge in [-0.2, -0.15) is 5.26 Å². The molecule has 0 aliphatic rings. The summed E-state index contributed by atoms with van der Waals surface area (Å²) >= 11 is 0. The maximum Gasteiger partial charge on any atom is 0.228 e. The Kier molecular flexibility index (Phi) is 5.10. The smallest absolute Gasteiger partial charge is 0.228 e. The molecule has 6 heteroatoms. The van der Waals surface area contributed by atoms with E-state index in [1.807, 2.05) is 0 Å². The van der Waals surface area contributed by atoms with Crippen LogP contribution in [0.5, 0.6) is 0 Å². The Morgan fingerprint density at radius 3 is 2.25 bits per heavy atom. The third-order valence-corrected chi connectivity index (χ3v) is 3.89. The number of hydrogen-bond donors (Lipinski definition) is 1. The lowest BCUT2D eigenvalue weighted by Crippen LogP contribution is -2.39. The minimum Gasteiger partial charge on any atom is -0.298 e. The first-order valence-electron chi connectivity index (χ1n) is 5.06.